The van der Waals surface area contributed by atoms with Crippen LogP contribution in [-0.4, -0.2) is 77.4 Å². The number of hydrogen-bond acceptors (Lipinski definition) is 8. The van der Waals surface area contributed by atoms with E-state index in [0.717, 1.165) is 4.31 Å². The van der Waals surface area contributed by atoms with Crippen LogP contribution >= 0.6 is 0 Å². The van der Waals surface area contributed by atoms with Crippen molar-refractivity contribution < 1.29 is 35.8 Å². The third kappa shape index (κ3) is 8.56. The van der Waals surface area contributed by atoms with Crippen LogP contribution in [0.2, 0.25) is 25.7 Å². The fourth-order valence-corrected chi connectivity index (χ4v) is 11.5. The average Bonchev–Trinajstić information content (AvgIpc) is 3.36. The van der Waals surface area contributed by atoms with Gasteiger partial charge in [0.2, 0.25) is 20.0 Å². The van der Waals surface area contributed by atoms with Gasteiger partial charge in [-0.15, -0.1) is 0 Å². The Bertz CT molecular complexity index is 1770. The second-order valence-electron chi connectivity index (χ2n) is 13.6. The number of nitrogens with zero attached hydrogens (tertiary/aromatic N) is 2. The largest absolute Gasteiger partial charge is 0.496 e. The summed E-state index contributed by atoms with van der Waals surface area (Å²) in [5.41, 5.74) is 2.05. The minimum atomic E-state index is -4.32. The van der Waals surface area contributed by atoms with Crippen molar-refractivity contribution in [2.45, 2.75) is 90.3 Å². The summed E-state index contributed by atoms with van der Waals surface area (Å²) in [5, 5.41) is 0.634. The number of esters is 1. The number of carbonyl (C=O) groups is 1. The Balaban J connectivity index is 2.17. The Kier molecular flexibility index (Phi) is 11.1. The monoisotopic (exact) mass is 680 g/mol. The second-order valence-corrected chi connectivity index (χ2v) is 23.0. The number of benzene rings is 2. The van der Waals surface area contributed by atoms with Crippen molar-refractivity contribution in [1.82, 2.24) is 8.28 Å². The number of rotatable bonds is 13. The fourth-order valence-electron chi connectivity index (χ4n) is 5.06. The van der Waals surface area contributed by atoms with Crippen molar-refractivity contribution >= 4 is 45.0 Å². The molecular weight excluding hydrogens is 633 g/mol. The third-order valence-electron chi connectivity index (χ3n) is 7.73. The van der Waals surface area contributed by atoms with E-state index in [1.54, 1.807) is 51.1 Å². The van der Waals surface area contributed by atoms with Gasteiger partial charge in [0.25, 0.3) is 0 Å². The van der Waals surface area contributed by atoms with Crippen molar-refractivity contribution in [1.29, 1.82) is 0 Å². The molecule has 1 heterocycles. The molecule has 0 fully saturated rings. The molecule has 0 aliphatic carbocycles. The molecule has 0 amide bonds. The lowest BCUT2D eigenvalue weighted by Gasteiger charge is -2.32. The Morgan fingerprint density at radius 3 is 2.18 bits per heavy atom. The summed E-state index contributed by atoms with van der Waals surface area (Å²) in [6.07, 6.45) is 1.53. The quantitative estimate of drug-likeness (QED) is 0.168. The molecule has 2 aromatic carbocycles. The van der Waals surface area contributed by atoms with Gasteiger partial charge in [0, 0.05) is 26.2 Å². The maximum absolute atomic E-state index is 14.6. The van der Waals surface area contributed by atoms with E-state index in [1.807, 2.05) is 20.8 Å². The minimum absolute atomic E-state index is 0.0504. The first kappa shape index (κ1) is 36.8. The highest BCUT2D eigenvalue weighted by molar-refractivity contribution is 7.90. The molecule has 3 aromatic rings. The van der Waals surface area contributed by atoms with Crippen LogP contribution in [0.25, 0.3) is 10.9 Å². The van der Waals surface area contributed by atoms with Crippen LogP contribution in [0, 0.1) is 20.8 Å². The lowest BCUT2D eigenvalue weighted by Crippen LogP contribution is -2.49. The van der Waals surface area contributed by atoms with Crippen LogP contribution in [0.5, 0.6) is 5.75 Å². The van der Waals surface area contributed by atoms with E-state index in [1.165, 1.54) is 24.4 Å². The number of ether oxygens (including phenoxy) is 3. The van der Waals surface area contributed by atoms with E-state index in [2.05, 4.69) is 19.6 Å². The smallest absolute Gasteiger partial charge is 0.326 e. The summed E-state index contributed by atoms with van der Waals surface area (Å²) < 4.78 is 74.6. The van der Waals surface area contributed by atoms with Crippen molar-refractivity contribution in [3.05, 3.63) is 58.8 Å². The molecule has 0 bridgehead atoms. The van der Waals surface area contributed by atoms with Gasteiger partial charge in [-0.2, -0.15) is 4.31 Å². The number of hydrogen-bond donors (Lipinski definition) is 0. The SMILES string of the molecule is COC(=O)C(COC(C)(C)C)N(Cc1ccc2c(ccn2S(=O)(=O)CC[Si](C)(C)C)c1)S(=O)(=O)c1c(C)cc(OC)c(C)c1C. The van der Waals surface area contributed by atoms with E-state index in [0.29, 0.717) is 45.0 Å². The maximum Gasteiger partial charge on any atom is 0.326 e. The Labute approximate surface area is 269 Å². The summed E-state index contributed by atoms with van der Waals surface area (Å²) in [5.74, 6) is -0.149. The molecule has 1 atom stereocenters. The summed E-state index contributed by atoms with van der Waals surface area (Å²) >= 11 is 0. The summed E-state index contributed by atoms with van der Waals surface area (Å²) in [6, 6.07) is 7.81. The zero-order chi connectivity index (χ0) is 34.1. The lowest BCUT2D eigenvalue weighted by molar-refractivity contribution is -0.149. The van der Waals surface area contributed by atoms with Gasteiger partial charge < -0.3 is 14.2 Å². The molecule has 0 aliphatic rings. The topological polar surface area (TPSA) is 121 Å². The molecule has 250 valence electrons. The van der Waals surface area contributed by atoms with Crippen LogP contribution in [0.3, 0.4) is 0 Å². The van der Waals surface area contributed by atoms with Gasteiger partial charge in [0.05, 0.1) is 42.6 Å². The average molecular weight is 681 g/mol. The van der Waals surface area contributed by atoms with E-state index in [-0.39, 0.29) is 23.8 Å². The summed E-state index contributed by atoms with van der Waals surface area (Å²) in [6.45, 7) is 16.6. The molecular formula is C32H48N2O8S2Si. The van der Waals surface area contributed by atoms with Crippen molar-refractivity contribution in [3.8, 4) is 5.75 Å². The first-order chi connectivity index (χ1) is 20.6. The molecule has 1 aromatic heterocycles. The van der Waals surface area contributed by atoms with E-state index < -0.39 is 45.7 Å². The molecule has 13 heteroatoms. The van der Waals surface area contributed by atoms with E-state index in [9.17, 15) is 21.6 Å². The lowest BCUT2D eigenvalue weighted by atomic mass is 10.1. The highest BCUT2D eigenvalue weighted by atomic mass is 32.2. The van der Waals surface area contributed by atoms with Gasteiger partial charge in [0.1, 0.15) is 11.8 Å². The number of fused-ring (bicyclic) bond motifs is 1. The van der Waals surface area contributed by atoms with Gasteiger partial charge in [-0.25, -0.2) is 20.8 Å². The fraction of sp³-hybridized carbons (Fsp3) is 0.531. The predicted octanol–water partition coefficient (Wildman–Crippen LogP) is 5.64. The Hall–Kier alpha value is -2.71. The molecule has 3 rings (SSSR count). The van der Waals surface area contributed by atoms with Gasteiger partial charge in [-0.1, -0.05) is 25.7 Å². The molecule has 0 radical (unpaired) electrons. The van der Waals surface area contributed by atoms with Gasteiger partial charge in [-0.3, -0.25) is 4.79 Å². The summed E-state index contributed by atoms with van der Waals surface area (Å²) in [4.78, 5) is 13.3. The number of carbonyl (C=O) groups excluding carboxylic acids is 1. The normalized spacial score (nSPS) is 13.8. The highest BCUT2D eigenvalue weighted by Crippen LogP contribution is 2.34. The van der Waals surface area contributed by atoms with Crippen LogP contribution in [-0.2, 0) is 40.9 Å². The number of sulfonamides is 1. The molecule has 0 spiro atoms. The van der Waals surface area contributed by atoms with Gasteiger partial charge >= 0.3 is 5.97 Å². The molecule has 0 saturated carbocycles. The molecule has 0 aliphatic heterocycles. The van der Waals surface area contributed by atoms with E-state index >= 15 is 0 Å². The molecule has 0 N–H and O–H groups in total. The van der Waals surface area contributed by atoms with E-state index in [4.69, 9.17) is 14.2 Å². The Morgan fingerprint density at radius 2 is 1.62 bits per heavy atom. The highest BCUT2D eigenvalue weighted by Gasteiger charge is 2.40. The van der Waals surface area contributed by atoms with Crippen molar-refractivity contribution in [2.24, 2.45) is 0 Å². The van der Waals surface area contributed by atoms with Crippen LogP contribution in [0.4, 0.5) is 0 Å². The summed E-state index contributed by atoms with van der Waals surface area (Å²) in [7, 11) is -6.76. The number of methoxy groups -OCH3 is 2. The van der Waals surface area contributed by atoms with Gasteiger partial charge in [-0.05, 0) is 94.1 Å². The molecule has 10 nitrogen and oxygen atoms in total. The molecule has 0 saturated heterocycles. The first-order valence-corrected chi connectivity index (χ1v) is 21.6. The van der Waals surface area contributed by atoms with Crippen LogP contribution in [0.15, 0.2) is 41.4 Å². The Morgan fingerprint density at radius 1 is 0.978 bits per heavy atom. The maximum atomic E-state index is 14.6. The van der Waals surface area contributed by atoms with Crippen LogP contribution in [0.1, 0.15) is 43.0 Å². The number of aromatic nitrogens is 1. The zero-order valence-electron chi connectivity index (χ0n) is 28.3. The molecule has 45 heavy (non-hydrogen) atoms. The number of aryl methyl sites for hydroxylation is 1. The standard InChI is InChI=1S/C32H48N2O8S2Si/c1-22-18-29(40-7)23(2)24(3)30(22)44(38,39)34(28(31(35)41-8)21-42-32(4,5)6)20-25-12-13-27-26(19-25)14-15-33(27)43(36,37)16-17-45(9,10)11/h12-15,18-19,28H,16-17,20-21H2,1-11H3. The third-order valence-corrected chi connectivity index (χ3v) is 13.6. The van der Waals surface area contributed by atoms with Crippen molar-refractivity contribution in [3.63, 3.8) is 0 Å². The van der Waals surface area contributed by atoms with Crippen molar-refractivity contribution in [2.75, 3.05) is 26.6 Å². The molecule has 1 unspecified atom stereocenters. The minimum Gasteiger partial charge on any atom is -0.496 e. The second kappa shape index (κ2) is 13.6. The predicted molar refractivity (Wildman–Crippen MR) is 181 cm³/mol. The first-order valence-electron chi connectivity index (χ1n) is 14.8. The zero-order valence-corrected chi connectivity index (χ0v) is 31.0. The van der Waals surface area contributed by atoms with Gasteiger partial charge in [0.15, 0.2) is 0 Å². The van der Waals surface area contributed by atoms with Crippen LogP contribution < -0.4 is 4.74 Å².